The van der Waals surface area contributed by atoms with Crippen molar-refractivity contribution < 1.29 is 23.1 Å². The van der Waals surface area contributed by atoms with Gasteiger partial charge in [0.25, 0.3) is 0 Å². The molecule has 1 aliphatic heterocycles. The van der Waals surface area contributed by atoms with Crippen molar-refractivity contribution in [2.24, 2.45) is 0 Å². The first-order valence-electron chi connectivity index (χ1n) is 9.96. The number of alkyl halides is 1. The van der Waals surface area contributed by atoms with Crippen molar-refractivity contribution in [3.8, 4) is 5.75 Å². The maximum Gasteiger partial charge on any atom is 0.309 e. The molecule has 1 saturated heterocycles. The Morgan fingerprint density at radius 1 is 1.25 bits per heavy atom. The molecule has 1 aromatic heterocycles. The second-order valence-electron chi connectivity index (χ2n) is 7.43. The summed E-state index contributed by atoms with van der Waals surface area (Å²) in [6.07, 6.45) is -0.224. The summed E-state index contributed by atoms with van der Waals surface area (Å²) in [7, 11) is -3.71. The molecule has 1 aliphatic rings. The van der Waals surface area contributed by atoms with Crippen LogP contribution in [0, 0.1) is 0 Å². The van der Waals surface area contributed by atoms with Gasteiger partial charge in [0.1, 0.15) is 5.75 Å². The number of nitrogens with zero attached hydrogens (tertiary/aromatic N) is 3. The molecule has 8 nitrogen and oxygen atoms in total. The number of sulfonamides is 1. The number of ether oxygens (including phenoxy) is 1. The molecule has 0 aliphatic carbocycles. The molecule has 11 heteroatoms. The van der Waals surface area contributed by atoms with Gasteiger partial charge in [-0.2, -0.15) is 9.40 Å². The molecule has 0 spiro atoms. The van der Waals surface area contributed by atoms with Gasteiger partial charge in [0, 0.05) is 27.4 Å². The summed E-state index contributed by atoms with van der Waals surface area (Å²) in [5.74, 6) is -0.369. The van der Waals surface area contributed by atoms with E-state index < -0.39 is 16.0 Å². The quantitative estimate of drug-likeness (QED) is 0.333. The predicted molar refractivity (Wildman–Crippen MR) is 129 cm³/mol. The van der Waals surface area contributed by atoms with E-state index in [1.165, 1.54) is 4.31 Å². The lowest BCUT2D eigenvalue weighted by Gasteiger charge is -2.17. The fourth-order valence-corrected chi connectivity index (χ4v) is 6.79. The van der Waals surface area contributed by atoms with Crippen molar-refractivity contribution >= 4 is 61.1 Å². The maximum atomic E-state index is 13.2. The summed E-state index contributed by atoms with van der Waals surface area (Å²) in [5.41, 5.74) is 1.13. The first-order chi connectivity index (χ1) is 15.2. The SMILES string of the molecule is CCOc1ccc(S(=O)(=O)N2C[C@@H](I)[C@@H](n3nc(CC(=O)O)c4ccc(Cl)cc43)C2)cc1. The van der Waals surface area contributed by atoms with Gasteiger partial charge in [-0.3, -0.25) is 9.48 Å². The summed E-state index contributed by atoms with van der Waals surface area (Å²) in [4.78, 5) is 11.5. The molecule has 0 saturated carbocycles. The number of benzene rings is 2. The Hall–Kier alpha value is -1.89. The number of aromatic nitrogens is 2. The number of carboxylic acids is 1. The number of hydrogen-bond acceptors (Lipinski definition) is 5. The summed E-state index contributed by atoms with van der Waals surface area (Å²) in [5, 5.41) is 15.0. The highest BCUT2D eigenvalue weighted by Gasteiger charge is 2.40. The summed E-state index contributed by atoms with van der Waals surface area (Å²) in [6, 6.07) is 11.3. The number of carbonyl (C=O) groups is 1. The summed E-state index contributed by atoms with van der Waals surface area (Å²) < 4.78 is 35.0. The maximum absolute atomic E-state index is 13.2. The average Bonchev–Trinajstić information content (AvgIpc) is 3.29. The number of hydrogen-bond donors (Lipinski definition) is 1. The third-order valence-corrected chi connectivity index (χ3v) is 8.64. The van der Waals surface area contributed by atoms with E-state index in [0.717, 1.165) is 0 Å². The highest BCUT2D eigenvalue weighted by atomic mass is 127. The lowest BCUT2D eigenvalue weighted by molar-refractivity contribution is -0.136. The predicted octanol–water partition coefficient (Wildman–Crippen LogP) is 3.76. The monoisotopic (exact) mass is 589 g/mol. The first kappa shape index (κ1) is 23.3. The number of rotatable bonds is 7. The zero-order valence-electron chi connectivity index (χ0n) is 17.1. The topological polar surface area (TPSA) is 102 Å². The Labute approximate surface area is 204 Å². The summed E-state index contributed by atoms with van der Waals surface area (Å²) >= 11 is 8.42. The Kier molecular flexibility index (Phi) is 6.66. The fourth-order valence-electron chi connectivity index (χ4n) is 3.87. The van der Waals surface area contributed by atoms with Crippen LogP contribution < -0.4 is 4.74 Å². The van der Waals surface area contributed by atoms with Gasteiger partial charge in [0.2, 0.25) is 10.0 Å². The third-order valence-electron chi connectivity index (χ3n) is 5.34. The number of aliphatic carboxylic acids is 1. The number of fused-ring (bicyclic) bond motifs is 1. The highest BCUT2D eigenvalue weighted by Crippen LogP contribution is 2.35. The van der Waals surface area contributed by atoms with Crippen molar-refractivity contribution in [3.63, 3.8) is 0 Å². The van der Waals surface area contributed by atoms with E-state index >= 15 is 0 Å². The minimum atomic E-state index is -3.71. The van der Waals surface area contributed by atoms with Gasteiger partial charge in [-0.15, -0.1) is 0 Å². The van der Waals surface area contributed by atoms with Crippen molar-refractivity contribution in [2.45, 2.75) is 28.2 Å². The van der Waals surface area contributed by atoms with E-state index in [9.17, 15) is 18.3 Å². The smallest absolute Gasteiger partial charge is 0.309 e. The van der Waals surface area contributed by atoms with E-state index in [-0.39, 0.29) is 27.8 Å². The van der Waals surface area contributed by atoms with Crippen LogP contribution in [0.25, 0.3) is 10.9 Å². The average molecular weight is 590 g/mol. The molecular formula is C21H21ClIN3O5S. The second kappa shape index (κ2) is 9.16. The van der Waals surface area contributed by atoms with Crippen LogP contribution >= 0.6 is 34.2 Å². The Morgan fingerprint density at radius 2 is 1.97 bits per heavy atom. The molecule has 2 atom stereocenters. The van der Waals surface area contributed by atoms with Crippen LogP contribution in [0.2, 0.25) is 5.02 Å². The molecule has 2 aromatic carbocycles. The minimum absolute atomic E-state index is 0.0650. The van der Waals surface area contributed by atoms with E-state index in [2.05, 4.69) is 27.7 Å². The van der Waals surface area contributed by atoms with Crippen molar-refractivity contribution in [3.05, 3.63) is 53.2 Å². The molecule has 4 rings (SSSR count). The number of halogens is 2. The van der Waals surface area contributed by atoms with E-state index in [0.29, 0.717) is 40.5 Å². The van der Waals surface area contributed by atoms with E-state index in [1.807, 2.05) is 6.92 Å². The van der Waals surface area contributed by atoms with Crippen LogP contribution in [-0.2, 0) is 21.2 Å². The van der Waals surface area contributed by atoms with Crippen LogP contribution in [-0.4, -0.2) is 57.2 Å². The lowest BCUT2D eigenvalue weighted by atomic mass is 10.1. The molecule has 0 unspecified atom stereocenters. The van der Waals surface area contributed by atoms with Crippen LogP contribution in [0.15, 0.2) is 47.4 Å². The molecule has 3 aromatic rings. The second-order valence-corrected chi connectivity index (χ2v) is 11.4. The number of carboxylic acid groups (broad SMARTS) is 1. The zero-order valence-corrected chi connectivity index (χ0v) is 20.8. The molecule has 0 bridgehead atoms. The van der Waals surface area contributed by atoms with Crippen LogP contribution in [0.5, 0.6) is 5.75 Å². The van der Waals surface area contributed by atoms with E-state index in [4.69, 9.17) is 16.3 Å². The molecule has 1 N–H and O–H groups in total. The lowest BCUT2D eigenvalue weighted by Crippen LogP contribution is -2.29. The van der Waals surface area contributed by atoms with Crippen molar-refractivity contribution in [1.82, 2.24) is 14.1 Å². The van der Waals surface area contributed by atoms with E-state index in [1.54, 1.807) is 47.1 Å². The summed E-state index contributed by atoms with van der Waals surface area (Å²) in [6.45, 7) is 2.90. The van der Waals surface area contributed by atoms with Gasteiger partial charge in [0.05, 0.1) is 35.2 Å². The molecule has 170 valence electrons. The Balaban J connectivity index is 1.66. The largest absolute Gasteiger partial charge is 0.494 e. The first-order valence-corrected chi connectivity index (χ1v) is 13.0. The zero-order chi connectivity index (χ0) is 23.0. The van der Waals surface area contributed by atoms with Gasteiger partial charge in [0.15, 0.2) is 0 Å². The minimum Gasteiger partial charge on any atom is -0.494 e. The fraction of sp³-hybridized carbons (Fsp3) is 0.333. The van der Waals surface area contributed by atoms with Gasteiger partial charge < -0.3 is 9.84 Å². The molecule has 32 heavy (non-hydrogen) atoms. The Morgan fingerprint density at radius 3 is 2.62 bits per heavy atom. The van der Waals surface area contributed by atoms with Gasteiger partial charge in [-0.1, -0.05) is 34.2 Å². The normalized spacial score (nSPS) is 19.5. The van der Waals surface area contributed by atoms with Gasteiger partial charge >= 0.3 is 5.97 Å². The molecular weight excluding hydrogens is 569 g/mol. The van der Waals surface area contributed by atoms with Crippen LogP contribution in [0.4, 0.5) is 0 Å². The van der Waals surface area contributed by atoms with Gasteiger partial charge in [-0.05, 0) is 49.4 Å². The Bertz CT molecular complexity index is 1260. The molecule has 1 fully saturated rings. The molecule has 0 radical (unpaired) electrons. The highest BCUT2D eigenvalue weighted by molar-refractivity contribution is 14.1. The standard InChI is InChI=1S/C21H21ClIN3O5S/c1-2-31-14-4-6-15(7-5-14)32(29,30)25-11-17(23)20(12-25)26-19-9-13(22)3-8-16(19)18(24-26)10-21(27)28/h3-9,17,20H,2,10-12H2,1H3,(H,27,28)/t17-,20+/m1/s1. The van der Waals surface area contributed by atoms with Crippen molar-refractivity contribution in [1.29, 1.82) is 0 Å². The van der Waals surface area contributed by atoms with Crippen LogP contribution in [0.3, 0.4) is 0 Å². The van der Waals surface area contributed by atoms with Crippen molar-refractivity contribution in [2.75, 3.05) is 19.7 Å². The third kappa shape index (κ3) is 4.45. The molecule has 0 amide bonds. The van der Waals surface area contributed by atoms with Gasteiger partial charge in [-0.25, -0.2) is 8.42 Å². The van der Waals surface area contributed by atoms with Crippen LogP contribution in [0.1, 0.15) is 18.7 Å². The molecule has 2 heterocycles.